The van der Waals surface area contributed by atoms with Crippen LogP contribution < -0.4 is 5.32 Å². The van der Waals surface area contributed by atoms with Gasteiger partial charge in [-0.2, -0.15) is 5.10 Å². The van der Waals surface area contributed by atoms with E-state index in [-0.39, 0.29) is 5.91 Å². The van der Waals surface area contributed by atoms with E-state index in [9.17, 15) is 14.4 Å². The van der Waals surface area contributed by atoms with Gasteiger partial charge in [-0.1, -0.05) is 29.8 Å². The second-order valence-corrected chi connectivity index (χ2v) is 8.53. The van der Waals surface area contributed by atoms with Crippen molar-refractivity contribution in [1.29, 1.82) is 0 Å². The standard InChI is InChI=1S/C26H28N4O4/c1-17-6-12-22(13-7-17)30-19(3)25(18(2)28-30)27-23(31)16-34-26(33)21-10-8-20(9-11-21)15-29-14-4-5-24(29)32/h6-13H,4-5,14-16H2,1-3H3,(H,27,31). The number of anilines is 1. The normalized spacial score (nSPS) is 13.3. The number of nitrogens with zero attached hydrogens (tertiary/aromatic N) is 3. The molecule has 8 nitrogen and oxygen atoms in total. The lowest BCUT2D eigenvalue weighted by atomic mass is 10.1. The molecule has 0 aliphatic carbocycles. The lowest BCUT2D eigenvalue weighted by Crippen LogP contribution is -2.24. The fourth-order valence-electron chi connectivity index (χ4n) is 3.99. The number of likely N-dealkylation sites (tertiary alicyclic amines) is 1. The zero-order valence-electron chi connectivity index (χ0n) is 19.6. The molecule has 8 heteroatoms. The van der Waals surface area contributed by atoms with Crippen LogP contribution in [0.2, 0.25) is 0 Å². The van der Waals surface area contributed by atoms with E-state index < -0.39 is 18.5 Å². The molecule has 2 amide bonds. The summed E-state index contributed by atoms with van der Waals surface area (Å²) in [5.41, 5.74) is 5.40. The fraction of sp³-hybridized carbons (Fsp3) is 0.308. The van der Waals surface area contributed by atoms with Crippen LogP contribution in [0, 0.1) is 20.8 Å². The summed E-state index contributed by atoms with van der Waals surface area (Å²) in [6.07, 6.45) is 1.48. The van der Waals surface area contributed by atoms with E-state index >= 15 is 0 Å². The molecule has 2 aromatic carbocycles. The second kappa shape index (κ2) is 9.91. The maximum Gasteiger partial charge on any atom is 0.338 e. The van der Waals surface area contributed by atoms with Crippen molar-refractivity contribution >= 4 is 23.5 Å². The highest BCUT2D eigenvalue weighted by Crippen LogP contribution is 2.23. The number of aromatic nitrogens is 2. The van der Waals surface area contributed by atoms with Crippen molar-refractivity contribution in [2.45, 2.75) is 40.2 Å². The third-order valence-corrected chi connectivity index (χ3v) is 5.90. The number of carbonyl (C=O) groups is 3. The predicted molar refractivity (Wildman–Crippen MR) is 128 cm³/mol. The van der Waals surface area contributed by atoms with Crippen molar-refractivity contribution in [1.82, 2.24) is 14.7 Å². The summed E-state index contributed by atoms with van der Waals surface area (Å²) < 4.78 is 6.97. The van der Waals surface area contributed by atoms with E-state index in [1.54, 1.807) is 28.9 Å². The van der Waals surface area contributed by atoms with E-state index in [0.717, 1.165) is 35.5 Å². The number of hydrogen-bond acceptors (Lipinski definition) is 5. The van der Waals surface area contributed by atoms with Gasteiger partial charge in [0.15, 0.2) is 6.61 Å². The smallest absolute Gasteiger partial charge is 0.338 e. The maximum absolute atomic E-state index is 12.5. The SMILES string of the molecule is Cc1ccc(-n2nc(C)c(NC(=O)COC(=O)c3ccc(CN4CCCC4=O)cc3)c2C)cc1. The fourth-order valence-corrected chi connectivity index (χ4v) is 3.99. The topological polar surface area (TPSA) is 93.5 Å². The minimum absolute atomic E-state index is 0.157. The van der Waals surface area contributed by atoms with Gasteiger partial charge in [-0.3, -0.25) is 9.59 Å². The molecule has 0 atom stereocenters. The molecule has 4 rings (SSSR count). The Kier molecular flexibility index (Phi) is 6.77. The number of hydrogen-bond donors (Lipinski definition) is 1. The first-order chi connectivity index (χ1) is 16.3. The Morgan fingerprint density at radius 1 is 1.03 bits per heavy atom. The van der Waals surface area contributed by atoms with Gasteiger partial charge in [-0.25, -0.2) is 9.48 Å². The zero-order chi connectivity index (χ0) is 24.2. The van der Waals surface area contributed by atoms with Crippen molar-refractivity contribution in [2.75, 3.05) is 18.5 Å². The molecule has 1 fully saturated rings. The molecule has 0 unspecified atom stereocenters. The highest BCUT2D eigenvalue weighted by molar-refractivity contribution is 5.96. The summed E-state index contributed by atoms with van der Waals surface area (Å²) in [5.74, 6) is -0.862. The molecule has 1 aliphatic heterocycles. The average molecular weight is 461 g/mol. The van der Waals surface area contributed by atoms with Crippen LogP contribution in [0.1, 0.15) is 45.7 Å². The van der Waals surface area contributed by atoms with Crippen LogP contribution in [-0.2, 0) is 20.9 Å². The summed E-state index contributed by atoms with van der Waals surface area (Å²) in [7, 11) is 0. The molecule has 3 aromatic rings. The number of rotatable bonds is 7. The first kappa shape index (κ1) is 23.2. The first-order valence-corrected chi connectivity index (χ1v) is 11.3. The highest BCUT2D eigenvalue weighted by Gasteiger charge is 2.20. The molecule has 1 aromatic heterocycles. The molecule has 176 valence electrons. The van der Waals surface area contributed by atoms with Crippen molar-refractivity contribution in [3.63, 3.8) is 0 Å². The Morgan fingerprint density at radius 2 is 1.74 bits per heavy atom. The number of benzene rings is 2. The Morgan fingerprint density at radius 3 is 2.38 bits per heavy atom. The van der Waals surface area contributed by atoms with Crippen LogP contribution in [0.15, 0.2) is 48.5 Å². The lowest BCUT2D eigenvalue weighted by Gasteiger charge is -2.15. The number of ether oxygens (including phenoxy) is 1. The van der Waals surface area contributed by atoms with Crippen molar-refractivity contribution in [2.24, 2.45) is 0 Å². The Hall–Kier alpha value is -3.94. The largest absolute Gasteiger partial charge is 0.452 e. The van der Waals surface area contributed by atoms with Gasteiger partial charge in [-0.05, 0) is 57.0 Å². The van der Waals surface area contributed by atoms with E-state index in [2.05, 4.69) is 10.4 Å². The van der Waals surface area contributed by atoms with Gasteiger partial charge in [-0.15, -0.1) is 0 Å². The van der Waals surface area contributed by atoms with Crippen LogP contribution in [0.4, 0.5) is 5.69 Å². The van der Waals surface area contributed by atoms with Gasteiger partial charge in [0.2, 0.25) is 5.91 Å². The third kappa shape index (κ3) is 5.17. The molecule has 0 bridgehead atoms. The molecule has 0 spiro atoms. The Bertz CT molecular complexity index is 1210. The molecule has 2 heterocycles. The number of aryl methyl sites for hydroxylation is 2. The molecule has 1 saturated heterocycles. The van der Waals surface area contributed by atoms with Crippen LogP contribution in [0.3, 0.4) is 0 Å². The Labute approximate surface area is 198 Å². The monoisotopic (exact) mass is 460 g/mol. The molecule has 0 saturated carbocycles. The van der Waals surface area contributed by atoms with E-state index in [4.69, 9.17) is 4.74 Å². The van der Waals surface area contributed by atoms with Crippen LogP contribution in [0.25, 0.3) is 5.69 Å². The van der Waals surface area contributed by atoms with Gasteiger partial charge in [0.05, 0.1) is 28.3 Å². The summed E-state index contributed by atoms with van der Waals surface area (Å²) in [6.45, 7) is 6.60. The zero-order valence-corrected chi connectivity index (χ0v) is 19.6. The highest BCUT2D eigenvalue weighted by atomic mass is 16.5. The maximum atomic E-state index is 12.5. The molecule has 1 aliphatic rings. The quantitative estimate of drug-likeness (QED) is 0.543. The van der Waals surface area contributed by atoms with Gasteiger partial charge in [0, 0.05) is 19.5 Å². The van der Waals surface area contributed by atoms with Gasteiger partial charge >= 0.3 is 5.97 Å². The first-order valence-electron chi connectivity index (χ1n) is 11.3. The minimum Gasteiger partial charge on any atom is -0.452 e. The van der Waals surface area contributed by atoms with Gasteiger partial charge in [0.1, 0.15) is 0 Å². The summed E-state index contributed by atoms with van der Waals surface area (Å²) in [4.78, 5) is 38.4. The number of carbonyl (C=O) groups excluding carboxylic acids is 3. The molecule has 1 N–H and O–H groups in total. The van der Waals surface area contributed by atoms with Gasteiger partial charge in [0.25, 0.3) is 5.91 Å². The van der Waals surface area contributed by atoms with E-state index in [1.165, 1.54) is 0 Å². The van der Waals surface area contributed by atoms with E-state index in [1.807, 2.05) is 49.9 Å². The van der Waals surface area contributed by atoms with Crippen LogP contribution >= 0.6 is 0 Å². The summed E-state index contributed by atoms with van der Waals surface area (Å²) in [5, 5.41) is 7.33. The average Bonchev–Trinajstić information content (AvgIpc) is 3.35. The number of nitrogens with one attached hydrogen (secondary N) is 1. The van der Waals surface area contributed by atoms with Crippen LogP contribution in [0.5, 0.6) is 0 Å². The van der Waals surface area contributed by atoms with E-state index in [0.29, 0.717) is 29.9 Å². The number of esters is 1. The predicted octanol–water partition coefficient (Wildman–Crippen LogP) is 3.72. The molecular formula is C26H28N4O4. The minimum atomic E-state index is -0.581. The van der Waals surface area contributed by atoms with Crippen molar-refractivity contribution in [3.8, 4) is 5.69 Å². The summed E-state index contributed by atoms with van der Waals surface area (Å²) in [6, 6.07) is 14.8. The van der Waals surface area contributed by atoms with Crippen molar-refractivity contribution < 1.29 is 19.1 Å². The molecular weight excluding hydrogens is 432 g/mol. The second-order valence-electron chi connectivity index (χ2n) is 8.53. The third-order valence-electron chi connectivity index (χ3n) is 5.90. The van der Waals surface area contributed by atoms with Crippen molar-refractivity contribution in [3.05, 3.63) is 76.6 Å². The Balaban J connectivity index is 1.33. The molecule has 0 radical (unpaired) electrons. The summed E-state index contributed by atoms with van der Waals surface area (Å²) >= 11 is 0. The lowest BCUT2D eigenvalue weighted by molar-refractivity contribution is -0.128. The van der Waals surface area contributed by atoms with Gasteiger partial charge < -0.3 is 15.0 Å². The van der Waals surface area contributed by atoms with Crippen LogP contribution in [-0.4, -0.2) is 45.6 Å². The molecule has 34 heavy (non-hydrogen) atoms. The number of amides is 2.